The summed E-state index contributed by atoms with van der Waals surface area (Å²) in [6.45, 7) is 1.68. The Hall–Kier alpha value is -3.34. The third-order valence-corrected chi connectivity index (χ3v) is 5.27. The van der Waals surface area contributed by atoms with Gasteiger partial charge in [-0.2, -0.15) is 26.3 Å². The van der Waals surface area contributed by atoms with Gasteiger partial charge in [0.15, 0.2) is 5.13 Å². The van der Waals surface area contributed by atoms with E-state index in [9.17, 15) is 26.3 Å². The molecule has 0 fully saturated rings. The molecule has 0 aliphatic rings. The maximum absolute atomic E-state index is 13.1. The summed E-state index contributed by atoms with van der Waals surface area (Å²) in [5.74, 6) is 0.471. The van der Waals surface area contributed by atoms with Gasteiger partial charge in [0.2, 0.25) is 0 Å². The van der Waals surface area contributed by atoms with Gasteiger partial charge in [-0.25, -0.2) is 4.98 Å². The second-order valence-corrected chi connectivity index (χ2v) is 7.64. The van der Waals surface area contributed by atoms with E-state index in [2.05, 4.69) is 15.5 Å². The molecule has 2 aromatic carbocycles. The Morgan fingerprint density at radius 1 is 0.906 bits per heavy atom. The number of hydrogen-bond donors (Lipinski definition) is 1. The summed E-state index contributed by atoms with van der Waals surface area (Å²) in [5, 5.41) is 8.33. The minimum atomic E-state index is -4.93. The maximum atomic E-state index is 13.1. The van der Waals surface area contributed by atoms with Gasteiger partial charge >= 0.3 is 12.4 Å². The largest absolute Gasteiger partial charge is 0.416 e. The van der Waals surface area contributed by atoms with Gasteiger partial charge in [0.1, 0.15) is 11.5 Å². The zero-order valence-electron chi connectivity index (χ0n) is 16.2. The highest BCUT2D eigenvalue weighted by Crippen LogP contribution is 2.40. The quantitative estimate of drug-likeness (QED) is 0.314. The normalized spacial score (nSPS) is 12.2. The second-order valence-electron chi connectivity index (χ2n) is 6.79. The number of aryl methyl sites for hydroxylation is 1. The summed E-state index contributed by atoms with van der Waals surface area (Å²) in [5.41, 5.74) is -0.884. The van der Waals surface area contributed by atoms with E-state index in [-0.39, 0.29) is 16.9 Å². The number of nitrogens with zero attached hydrogens (tertiary/aromatic N) is 2. The van der Waals surface area contributed by atoms with Crippen LogP contribution in [0.25, 0.3) is 22.5 Å². The van der Waals surface area contributed by atoms with Crippen LogP contribution in [0, 0.1) is 6.92 Å². The van der Waals surface area contributed by atoms with Crippen LogP contribution in [0.3, 0.4) is 0 Å². The number of thiazole rings is 1. The van der Waals surface area contributed by atoms with Gasteiger partial charge in [-0.15, -0.1) is 11.3 Å². The summed E-state index contributed by atoms with van der Waals surface area (Å²) in [6.07, 6.45) is -9.87. The van der Waals surface area contributed by atoms with E-state index in [4.69, 9.17) is 4.52 Å². The summed E-state index contributed by atoms with van der Waals surface area (Å²) in [4.78, 5) is 4.32. The minimum Gasteiger partial charge on any atom is -0.360 e. The predicted octanol–water partition coefficient (Wildman–Crippen LogP) is 7.55. The van der Waals surface area contributed by atoms with Crippen molar-refractivity contribution in [3.05, 3.63) is 70.8 Å². The van der Waals surface area contributed by atoms with Crippen molar-refractivity contribution in [2.75, 3.05) is 5.32 Å². The minimum absolute atomic E-state index is 0.0745. The molecule has 0 unspecified atom stereocenters. The number of aromatic nitrogens is 2. The van der Waals surface area contributed by atoms with E-state index in [1.807, 2.05) is 30.3 Å². The van der Waals surface area contributed by atoms with E-state index in [1.54, 1.807) is 12.3 Å². The molecule has 0 aliphatic heterocycles. The standard InChI is InChI=1S/C21H13F6N3OS/c1-11-17(18(30-31-11)12-5-3-2-4-6-12)16-10-32-19(29-16)28-15-8-13(20(22,23)24)7-14(9-15)21(25,26)27/h2-10H,1H3,(H,28,29). The number of halogens is 6. The molecule has 0 saturated carbocycles. The number of hydrogen-bond acceptors (Lipinski definition) is 5. The molecule has 4 aromatic rings. The third-order valence-electron chi connectivity index (χ3n) is 4.51. The molecule has 1 N–H and O–H groups in total. The van der Waals surface area contributed by atoms with E-state index in [1.165, 1.54) is 0 Å². The van der Waals surface area contributed by atoms with E-state index < -0.39 is 23.5 Å². The Morgan fingerprint density at radius 3 is 2.12 bits per heavy atom. The van der Waals surface area contributed by atoms with Gasteiger partial charge in [-0.1, -0.05) is 35.5 Å². The van der Waals surface area contributed by atoms with Crippen molar-refractivity contribution in [3.8, 4) is 22.5 Å². The van der Waals surface area contributed by atoms with E-state index >= 15 is 0 Å². The van der Waals surface area contributed by atoms with Crippen molar-refractivity contribution < 1.29 is 30.9 Å². The molecule has 0 bridgehead atoms. The van der Waals surface area contributed by atoms with Crippen molar-refractivity contribution in [2.24, 2.45) is 0 Å². The van der Waals surface area contributed by atoms with Crippen molar-refractivity contribution in [1.29, 1.82) is 0 Å². The highest BCUT2D eigenvalue weighted by molar-refractivity contribution is 7.14. The highest BCUT2D eigenvalue weighted by atomic mass is 32.1. The Kier molecular flexibility index (Phi) is 5.45. The Bertz CT molecular complexity index is 1210. The van der Waals surface area contributed by atoms with Gasteiger partial charge in [0.05, 0.1) is 22.4 Å². The Balaban J connectivity index is 1.69. The lowest BCUT2D eigenvalue weighted by molar-refractivity contribution is -0.143. The lowest BCUT2D eigenvalue weighted by atomic mass is 10.0. The van der Waals surface area contributed by atoms with Crippen LogP contribution in [0.4, 0.5) is 37.2 Å². The summed E-state index contributed by atoms with van der Waals surface area (Å²) in [7, 11) is 0. The zero-order chi connectivity index (χ0) is 23.1. The fourth-order valence-corrected chi connectivity index (χ4v) is 3.79. The summed E-state index contributed by atoms with van der Waals surface area (Å²) < 4.78 is 83.8. The van der Waals surface area contributed by atoms with E-state index in [0.29, 0.717) is 34.8 Å². The number of rotatable bonds is 4. The van der Waals surface area contributed by atoms with Crippen molar-refractivity contribution in [1.82, 2.24) is 10.1 Å². The molecule has 0 radical (unpaired) electrons. The van der Waals surface area contributed by atoms with Crippen LogP contribution in [0.2, 0.25) is 0 Å². The molecule has 2 heterocycles. The predicted molar refractivity (Wildman–Crippen MR) is 108 cm³/mol. The molecule has 4 rings (SSSR count). The van der Waals surface area contributed by atoms with Crippen LogP contribution >= 0.6 is 11.3 Å². The lowest BCUT2D eigenvalue weighted by Gasteiger charge is -2.14. The van der Waals surface area contributed by atoms with Crippen molar-refractivity contribution in [3.63, 3.8) is 0 Å². The summed E-state index contributed by atoms with van der Waals surface area (Å²) in [6, 6.07) is 10.4. The van der Waals surface area contributed by atoms with Crippen molar-refractivity contribution in [2.45, 2.75) is 19.3 Å². The SMILES string of the molecule is Cc1onc(-c2ccccc2)c1-c1csc(Nc2cc(C(F)(F)F)cc(C(F)(F)F)c2)n1. The highest BCUT2D eigenvalue weighted by Gasteiger charge is 2.37. The first-order valence-electron chi connectivity index (χ1n) is 9.06. The van der Waals surface area contributed by atoms with Crippen LogP contribution in [-0.4, -0.2) is 10.1 Å². The van der Waals surface area contributed by atoms with Gasteiger partial charge in [-0.05, 0) is 25.1 Å². The topological polar surface area (TPSA) is 51.0 Å². The lowest BCUT2D eigenvalue weighted by Crippen LogP contribution is -2.11. The molecule has 0 atom stereocenters. The number of benzene rings is 2. The first-order chi connectivity index (χ1) is 15.0. The smallest absolute Gasteiger partial charge is 0.360 e. The molecule has 11 heteroatoms. The molecular weight excluding hydrogens is 456 g/mol. The van der Waals surface area contributed by atoms with E-state index in [0.717, 1.165) is 16.9 Å². The fourth-order valence-electron chi connectivity index (χ4n) is 3.06. The number of nitrogens with one attached hydrogen (secondary N) is 1. The molecule has 0 aliphatic carbocycles. The molecule has 32 heavy (non-hydrogen) atoms. The molecular formula is C21H13F6N3OS. The van der Waals surface area contributed by atoms with Gasteiger partial charge in [0, 0.05) is 16.6 Å². The first kappa shape index (κ1) is 21.9. The van der Waals surface area contributed by atoms with Crippen molar-refractivity contribution >= 4 is 22.2 Å². The Labute approximate surface area is 181 Å². The fraction of sp³-hybridized carbons (Fsp3) is 0.143. The van der Waals surface area contributed by atoms with Crippen LogP contribution < -0.4 is 5.32 Å². The zero-order valence-corrected chi connectivity index (χ0v) is 17.0. The molecule has 0 spiro atoms. The average Bonchev–Trinajstić information content (AvgIpc) is 3.33. The molecule has 2 aromatic heterocycles. The molecule has 0 amide bonds. The number of anilines is 2. The van der Waals surface area contributed by atoms with Crippen LogP contribution in [-0.2, 0) is 12.4 Å². The first-order valence-corrected chi connectivity index (χ1v) is 9.94. The Morgan fingerprint density at radius 2 is 1.53 bits per heavy atom. The molecule has 4 nitrogen and oxygen atoms in total. The molecule has 166 valence electrons. The number of alkyl halides is 6. The van der Waals surface area contributed by atoms with Gasteiger partial charge in [0.25, 0.3) is 0 Å². The monoisotopic (exact) mass is 469 g/mol. The maximum Gasteiger partial charge on any atom is 0.416 e. The van der Waals surface area contributed by atoms with Crippen LogP contribution in [0.15, 0.2) is 58.4 Å². The second kappa shape index (κ2) is 7.97. The molecule has 0 saturated heterocycles. The van der Waals surface area contributed by atoms with Crippen LogP contribution in [0.1, 0.15) is 16.9 Å². The third kappa shape index (κ3) is 4.47. The van der Waals surface area contributed by atoms with Gasteiger partial charge in [-0.3, -0.25) is 0 Å². The average molecular weight is 469 g/mol. The summed E-state index contributed by atoms with van der Waals surface area (Å²) >= 11 is 1.03. The van der Waals surface area contributed by atoms with Crippen LogP contribution in [0.5, 0.6) is 0 Å². The van der Waals surface area contributed by atoms with Gasteiger partial charge < -0.3 is 9.84 Å².